The van der Waals surface area contributed by atoms with Gasteiger partial charge in [-0.25, -0.2) is 0 Å². The molecule has 1 aromatic carbocycles. The molecule has 1 aromatic rings. The SMILES string of the molecule is CCOc1cc(C)c(NCC(=O)O[C@@H]2CC[C@]3(CO3)[C@@H]([C@]3(C)O[C@@H]3CC=C(C)C)[C@@H]2OC)cc1C(C)C. The van der Waals surface area contributed by atoms with Crippen molar-refractivity contribution in [2.45, 2.75) is 103 Å². The van der Waals surface area contributed by atoms with Crippen molar-refractivity contribution in [3.05, 3.63) is 34.9 Å². The van der Waals surface area contributed by atoms with Gasteiger partial charge in [0.05, 0.1) is 25.2 Å². The van der Waals surface area contributed by atoms with Crippen LogP contribution in [0.4, 0.5) is 5.69 Å². The van der Waals surface area contributed by atoms with Gasteiger partial charge in [-0.05, 0) is 83.1 Å². The zero-order valence-corrected chi connectivity index (χ0v) is 23.8. The van der Waals surface area contributed by atoms with Gasteiger partial charge in [-0.15, -0.1) is 0 Å². The summed E-state index contributed by atoms with van der Waals surface area (Å²) in [7, 11) is 1.70. The molecule has 37 heavy (non-hydrogen) atoms. The number of benzene rings is 1. The molecule has 1 N–H and O–H groups in total. The Morgan fingerprint density at radius 1 is 1.30 bits per heavy atom. The Labute approximate surface area is 222 Å². The first-order valence-electron chi connectivity index (χ1n) is 13.7. The second-order valence-corrected chi connectivity index (χ2v) is 11.6. The normalized spacial score (nSPS) is 32.2. The summed E-state index contributed by atoms with van der Waals surface area (Å²) in [6.45, 7) is 16.1. The summed E-state index contributed by atoms with van der Waals surface area (Å²) in [6, 6.07) is 4.12. The largest absolute Gasteiger partial charge is 0.494 e. The smallest absolute Gasteiger partial charge is 0.325 e. The van der Waals surface area contributed by atoms with Crippen LogP contribution < -0.4 is 10.1 Å². The standard InChI is InChI=1S/C30H45NO6/c1-9-34-24-14-20(6)22(15-21(24)19(4)5)31-16-26(32)36-23-12-13-30(17-35-30)28(27(23)33-8)29(7)25(37-29)11-10-18(2)3/h10,14-15,19,23,25,27-28,31H,9,11-13,16-17H2,1-8H3/t23-,25-,27-,28-,29-,30+/m1/s1. The molecule has 3 aliphatic rings. The van der Waals surface area contributed by atoms with Gasteiger partial charge >= 0.3 is 5.97 Å². The van der Waals surface area contributed by atoms with E-state index < -0.39 is 0 Å². The van der Waals surface area contributed by atoms with Crippen molar-refractivity contribution in [3.63, 3.8) is 0 Å². The van der Waals surface area contributed by atoms with Gasteiger partial charge in [-0.2, -0.15) is 0 Å². The number of ether oxygens (including phenoxy) is 5. The van der Waals surface area contributed by atoms with Crippen LogP contribution >= 0.6 is 0 Å². The van der Waals surface area contributed by atoms with Crippen LogP contribution in [0.5, 0.6) is 5.75 Å². The molecule has 6 atom stereocenters. The topological polar surface area (TPSA) is 81.9 Å². The highest BCUT2D eigenvalue weighted by atomic mass is 16.6. The Hall–Kier alpha value is -2.09. The molecule has 2 saturated heterocycles. The number of aryl methyl sites for hydroxylation is 1. The molecule has 1 saturated carbocycles. The van der Waals surface area contributed by atoms with E-state index in [1.54, 1.807) is 7.11 Å². The maximum atomic E-state index is 13.0. The Kier molecular flexibility index (Phi) is 8.27. The number of epoxide rings is 2. The molecular formula is C30H45NO6. The third-order valence-corrected chi connectivity index (χ3v) is 8.22. The number of esters is 1. The van der Waals surface area contributed by atoms with Crippen molar-refractivity contribution in [2.75, 3.05) is 32.2 Å². The van der Waals surface area contributed by atoms with Crippen molar-refractivity contribution >= 4 is 11.7 Å². The summed E-state index contributed by atoms with van der Waals surface area (Å²) in [4.78, 5) is 13.0. The van der Waals surface area contributed by atoms with Crippen LogP contribution in [0.2, 0.25) is 0 Å². The highest BCUT2D eigenvalue weighted by molar-refractivity contribution is 5.76. The molecule has 3 fully saturated rings. The molecule has 7 heteroatoms. The van der Waals surface area contributed by atoms with E-state index in [1.807, 2.05) is 19.9 Å². The number of hydrogen-bond acceptors (Lipinski definition) is 7. The lowest BCUT2D eigenvalue weighted by Gasteiger charge is -2.42. The number of nitrogens with one attached hydrogen (secondary N) is 1. The second-order valence-electron chi connectivity index (χ2n) is 11.6. The molecule has 206 valence electrons. The minimum atomic E-state index is -0.348. The van der Waals surface area contributed by atoms with E-state index in [0.29, 0.717) is 19.1 Å². The fourth-order valence-corrected chi connectivity index (χ4v) is 6.07. The van der Waals surface area contributed by atoms with Crippen molar-refractivity contribution in [1.82, 2.24) is 0 Å². The monoisotopic (exact) mass is 515 g/mol. The van der Waals surface area contributed by atoms with E-state index >= 15 is 0 Å². The first kappa shape index (κ1) is 27.9. The van der Waals surface area contributed by atoms with Crippen LogP contribution in [0, 0.1) is 12.8 Å². The van der Waals surface area contributed by atoms with Gasteiger partial charge in [0.25, 0.3) is 0 Å². The van der Waals surface area contributed by atoms with Gasteiger partial charge < -0.3 is 29.0 Å². The second kappa shape index (κ2) is 11.0. The Bertz CT molecular complexity index is 1010. The Morgan fingerprint density at radius 3 is 2.62 bits per heavy atom. The molecule has 7 nitrogen and oxygen atoms in total. The van der Waals surface area contributed by atoms with E-state index in [2.05, 4.69) is 52.1 Å². The number of allylic oxidation sites excluding steroid dienone is 1. The maximum absolute atomic E-state index is 13.0. The third-order valence-electron chi connectivity index (χ3n) is 8.22. The third kappa shape index (κ3) is 5.84. The van der Waals surface area contributed by atoms with Crippen molar-refractivity contribution in [1.29, 1.82) is 0 Å². The van der Waals surface area contributed by atoms with Gasteiger partial charge in [0, 0.05) is 12.8 Å². The number of carbonyl (C=O) groups excluding carboxylic acids is 1. The average Bonchev–Trinajstić information content (AvgIpc) is 3.75. The van der Waals surface area contributed by atoms with Gasteiger partial charge in [-0.1, -0.05) is 25.5 Å². The molecule has 1 aliphatic carbocycles. The van der Waals surface area contributed by atoms with E-state index in [-0.39, 0.29) is 47.9 Å². The van der Waals surface area contributed by atoms with Crippen LogP contribution in [-0.4, -0.2) is 62.4 Å². The highest BCUT2D eigenvalue weighted by Crippen LogP contribution is 2.59. The lowest BCUT2D eigenvalue weighted by molar-refractivity contribution is -0.170. The number of anilines is 1. The van der Waals surface area contributed by atoms with Crippen LogP contribution in [0.1, 0.15) is 77.8 Å². The zero-order valence-electron chi connectivity index (χ0n) is 23.8. The zero-order chi connectivity index (χ0) is 27.0. The Balaban J connectivity index is 1.42. The number of hydrogen-bond donors (Lipinski definition) is 1. The van der Waals surface area contributed by atoms with Crippen LogP contribution in [-0.2, 0) is 23.7 Å². The van der Waals surface area contributed by atoms with Crippen molar-refractivity contribution in [3.8, 4) is 5.75 Å². The van der Waals surface area contributed by atoms with Gasteiger partial charge in [0.1, 0.15) is 35.7 Å². The van der Waals surface area contributed by atoms with E-state index in [9.17, 15) is 4.79 Å². The highest BCUT2D eigenvalue weighted by Gasteiger charge is 2.72. The number of rotatable bonds is 11. The molecular weight excluding hydrogens is 470 g/mol. The molecule has 0 radical (unpaired) electrons. The molecule has 2 heterocycles. The van der Waals surface area contributed by atoms with Crippen molar-refractivity contribution in [2.24, 2.45) is 5.92 Å². The molecule has 0 amide bonds. The van der Waals surface area contributed by atoms with E-state index in [1.165, 1.54) is 5.57 Å². The number of carbonyl (C=O) groups is 1. The molecule has 0 aromatic heterocycles. The first-order chi connectivity index (χ1) is 17.5. The van der Waals surface area contributed by atoms with Gasteiger partial charge in [0.15, 0.2) is 0 Å². The summed E-state index contributed by atoms with van der Waals surface area (Å²) in [5, 5.41) is 3.29. The average molecular weight is 516 g/mol. The number of methoxy groups -OCH3 is 1. The summed E-state index contributed by atoms with van der Waals surface area (Å²) >= 11 is 0. The lowest BCUT2D eigenvalue weighted by atomic mass is 9.68. The predicted octanol–water partition coefficient (Wildman–Crippen LogP) is 5.55. The maximum Gasteiger partial charge on any atom is 0.325 e. The van der Waals surface area contributed by atoms with E-state index in [4.69, 9.17) is 23.7 Å². The summed E-state index contributed by atoms with van der Waals surface area (Å²) in [5.41, 5.74) is 3.77. The van der Waals surface area contributed by atoms with Crippen molar-refractivity contribution < 1.29 is 28.5 Å². The Morgan fingerprint density at radius 2 is 2.03 bits per heavy atom. The fourth-order valence-electron chi connectivity index (χ4n) is 6.07. The predicted molar refractivity (Wildman–Crippen MR) is 144 cm³/mol. The van der Waals surface area contributed by atoms with Crippen LogP contribution in [0.25, 0.3) is 0 Å². The minimum Gasteiger partial charge on any atom is -0.494 e. The van der Waals surface area contributed by atoms with Gasteiger partial charge in [0.2, 0.25) is 0 Å². The van der Waals surface area contributed by atoms with Gasteiger partial charge in [-0.3, -0.25) is 4.79 Å². The fraction of sp³-hybridized carbons (Fsp3) is 0.700. The molecule has 0 unspecified atom stereocenters. The quantitative estimate of drug-likeness (QED) is 0.235. The van der Waals surface area contributed by atoms with Crippen LogP contribution in [0.15, 0.2) is 23.8 Å². The molecule has 2 aliphatic heterocycles. The van der Waals surface area contributed by atoms with E-state index in [0.717, 1.165) is 41.8 Å². The molecule has 1 spiro atoms. The molecule has 4 rings (SSSR count). The first-order valence-corrected chi connectivity index (χ1v) is 13.7. The van der Waals surface area contributed by atoms with Crippen LogP contribution in [0.3, 0.4) is 0 Å². The lowest BCUT2D eigenvalue weighted by Crippen LogP contribution is -2.55. The summed E-state index contributed by atoms with van der Waals surface area (Å²) in [6.07, 6.45) is 4.16. The summed E-state index contributed by atoms with van der Waals surface area (Å²) in [5.74, 6) is 0.928. The molecule has 0 bridgehead atoms. The summed E-state index contributed by atoms with van der Waals surface area (Å²) < 4.78 is 30.1. The minimum absolute atomic E-state index is 0.0158.